The van der Waals surface area contributed by atoms with Crippen LogP contribution in [0.1, 0.15) is 80.8 Å². The van der Waals surface area contributed by atoms with Crippen molar-refractivity contribution < 1.29 is 14.3 Å². The molecular weight excluding hydrogens is 420 g/mol. The molecule has 0 radical (unpaired) electrons. The zero-order valence-electron chi connectivity index (χ0n) is 20.7. The maximum Gasteiger partial charge on any atom is 0.343 e. The second kappa shape index (κ2) is 8.94. The van der Waals surface area contributed by atoms with E-state index in [2.05, 4.69) is 52.0 Å². The fourth-order valence-electron chi connectivity index (χ4n) is 5.65. The van der Waals surface area contributed by atoms with Crippen molar-refractivity contribution in [2.75, 3.05) is 0 Å². The number of aryl methyl sites for hydroxylation is 1. The van der Waals surface area contributed by atoms with Crippen LogP contribution in [-0.4, -0.2) is 11.6 Å². The minimum atomic E-state index is -0.321. The number of hydrogen-bond acceptors (Lipinski definition) is 3. The van der Waals surface area contributed by atoms with E-state index in [1.165, 1.54) is 5.57 Å². The summed E-state index contributed by atoms with van der Waals surface area (Å²) in [6.07, 6.45) is 7.68. The molecule has 0 fully saturated rings. The number of rotatable bonds is 5. The maximum absolute atomic E-state index is 13.3. The minimum Gasteiger partial charge on any atom is -0.487 e. The van der Waals surface area contributed by atoms with E-state index in [9.17, 15) is 4.79 Å². The molecule has 1 aliphatic carbocycles. The Labute approximate surface area is 202 Å². The van der Waals surface area contributed by atoms with Crippen LogP contribution < -0.4 is 9.47 Å². The first-order chi connectivity index (χ1) is 16.4. The molecule has 0 N–H and O–H groups in total. The number of carbonyl (C=O) groups is 1. The van der Waals surface area contributed by atoms with Crippen LogP contribution in [0, 0.1) is 5.92 Å². The molecule has 0 spiro atoms. The van der Waals surface area contributed by atoms with Gasteiger partial charge in [-0.15, -0.1) is 0 Å². The average Bonchev–Trinajstić information content (AvgIpc) is 2.81. The van der Waals surface area contributed by atoms with Crippen molar-refractivity contribution in [1.29, 1.82) is 0 Å². The van der Waals surface area contributed by atoms with E-state index in [-0.39, 0.29) is 17.5 Å². The van der Waals surface area contributed by atoms with Crippen LogP contribution in [0.2, 0.25) is 0 Å². The zero-order valence-corrected chi connectivity index (χ0v) is 20.7. The zero-order chi connectivity index (χ0) is 23.9. The van der Waals surface area contributed by atoms with Gasteiger partial charge in [0.1, 0.15) is 17.1 Å². The van der Waals surface area contributed by atoms with Gasteiger partial charge >= 0.3 is 5.97 Å². The fourth-order valence-corrected chi connectivity index (χ4v) is 5.65. The van der Waals surface area contributed by atoms with Crippen molar-refractivity contribution >= 4 is 16.7 Å². The van der Waals surface area contributed by atoms with Gasteiger partial charge < -0.3 is 9.47 Å². The maximum atomic E-state index is 13.3. The summed E-state index contributed by atoms with van der Waals surface area (Å²) in [5, 5.41) is 2.14. The Hall–Kier alpha value is -3.07. The molecule has 3 aromatic rings. The lowest BCUT2D eigenvalue weighted by Crippen LogP contribution is -2.45. The summed E-state index contributed by atoms with van der Waals surface area (Å²) >= 11 is 0. The van der Waals surface area contributed by atoms with Gasteiger partial charge in [-0.05, 0) is 87.1 Å². The molecule has 0 aromatic heterocycles. The van der Waals surface area contributed by atoms with Crippen LogP contribution in [0.3, 0.4) is 0 Å². The average molecular weight is 455 g/mol. The molecule has 1 heterocycles. The lowest BCUT2D eigenvalue weighted by Gasteiger charge is -2.46. The Balaban J connectivity index is 1.58. The molecule has 0 bridgehead atoms. The monoisotopic (exact) mass is 454 g/mol. The first-order valence-electron chi connectivity index (χ1n) is 12.6. The van der Waals surface area contributed by atoms with E-state index >= 15 is 0 Å². The molecule has 0 saturated carbocycles. The van der Waals surface area contributed by atoms with Crippen molar-refractivity contribution in [2.45, 2.75) is 71.3 Å². The number of ether oxygens (including phenoxy) is 2. The summed E-state index contributed by atoms with van der Waals surface area (Å²) in [7, 11) is 0. The Morgan fingerprint density at radius 1 is 1.09 bits per heavy atom. The number of allylic oxidation sites excluding steroid dienone is 2. The van der Waals surface area contributed by atoms with Gasteiger partial charge in [0.05, 0.1) is 5.56 Å². The standard InChI is InChI=1S/C31H34O3/c1-5-6-9-21-17-27(33-30(32)24-14-13-22-10-7-8-11-23(22)19-24)29-25-16-20(2)12-15-26(25)31(3,4)34-28(29)18-21/h7-8,10-11,13-14,16-19,25-26H,5-6,9,12,15H2,1-4H3/t25-,26-/m1/s1. The third-order valence-corrected chi connectivity index (χ3v) is 7.52. The van der Waals surface area contributed by atoms with Crippen molar-refractivity contribution in [3.8, 4) is 11.5 Å². The van der Waals surface area contributed by atoms with Gasteiger partial charge in [0, 0.05) is 17.4 Å². The van der Waals surface area contributed by atoms with E-state index in [4.69, 9.17) is 9.47 Å². The highest BCUT2D eigenvalue weighted by molar-refractivity contribution is 5.96. The summed E-state index contributed by atoms with van der Waals surface area (Å²) in [5.41, 5.74) is 3.88. The van der Waals surface area contributed by atoms with Crippen LogP contribution in [0.5, 0.6) is 11.5 Å². The topological polar surface area (TPSA) is 35.5 Å². The molecule has 34 heavy (non-hydrogen) atoms. The SMILES string of the molecule is CCCCc1cc(OC(=O)c2ccc3ccccc3c2)c2c(c1)OC(C)(C)[C@@H]1CCC(C)=C[C@@H]21. The van der Waals surface area contributed by atoms with Gasteiger partial charge in [0.15, 0.2) is 0 Å². The summed E-state index contributed by atoms with van der Waals surface area (Å²) in [5.74, 6) is 1.74. The number of fused-ring (bicyclic) bond motifs is 4. The number of carbonyl (C=O) groups excluding carboxylic acids is 1. The quantitative estimate of drug-likeness (QED) is 0.222. The molecule has 0 unspecified atom stereocenters. The fraction of sp³-hybridized carbons (Fsp3) is 0.387. The molecule has 5 rings (SSSR count). The normalized spacial score (nSPS) is 20.6. The minimum absolute atomic E-state index is 0.187. The lowest BCUT2D eigenvalue weighted by molar-refractivity contribution is 0.0106. The first kappa shape index (κ1) is 22.7. The van der Waals surface area contributed by atoms with E-state index in [1.807, 2.05) is 36.4 Å². The molecule has 176 valence electrons. The predicted octanol–water partition coefficient (Wildman–Crippen LogP) is 8.01. The van der Waals surface area contributed by atoms with Crippen LogP contribution in [0.15, 0.2) is 66.2 Å². The van der Waals surface area contributed by atoms with Crippen molar-refractivity contribution in [3.05, 3.63) is 82.9 Å². The number of esters is 1. The lowest BCUT2D eigenvalue weighted by atomic mass is 9.68. The Bertz CT molecular complexity index is 1270. The van der Waals surface area contributed by atoms with E-state index in [0.29, 0.717) is 17.2 Å². The van der Waals surface area contributed by atoms with Gasteiger partial charge in [0.25, 0.3) is 0 Å². The third-order valence-electron chi connectivity index (χ3n) is 7.52. The van der Waals surface area contributed by atoms with Crippen LogP contribution in [0.4, 0.5) is 0 Å². The highest BCUT2D eigenvalue weighted by Gasteiger charge is 2.45. The second-order valence-electron chi connectivity index (χ2n) is 10.5. The van der Waals surface area contributed by atoms with Gasteiger partial charge in [-0.25, -0.2) is 4.79 Å². The Morgan fingerprint density at radius 2 is 1.88 bits per heavy atom. The largest absolute Gasteiger partial charge is 0.487 e. The highest BCUT2D eigenvalue weighted by atomic mass is 16.5. The van der Waals surface area contributed by atoms with Gasteiger partial charge in [0.2, 0.25) is 0 Å². The van der Waals surface area contributed by atoms with Crippen LogP contribution in [-0.2, 0) is 6.42 Å². The number of hydrogen-bond donors (Lipinski definition) is 0. The van der Waals surface area contributed by atoms with Gasteiger partial charge in [-0.3, -0.25) is 0 Å². The molecule has 0 saturated heterocycles. The van der Waals surface area contributed by atoms with Crippen molar-refractivity contribution in [3.63, 3.8) is 0 Å². The number of benzene rings is 3. The second-order valence-corrected chi connectivity index (χ2v) is 10.5. The predicted molar refractivity (Wildman–Crippen MR) is 138 cm³/mol. The van der Waals surface area contributed by atoms with Crippen LogP contribution >= 0.6 is 0 Å². The summed E-state index contributed by atoms with van der Waals surface area (Å²) in [4.78, 5) is 13.3. The molecule has 2 atom stereocenters. The molecule has 1 aliphatic heterocycles. The van der Waals surface area contributed by atoms with Crippen molar-refractivity contribution in [1.82, 2.24) is 0 Å². The molecular formula is C31H34O3. The summed E-state index contributed by atoms with van der Waals surface area (Å²) in [6, 6.07) is 18.1. The summed E-state index contributed by atoms with van der Waals surface area (Å²) < 4.78 is 12.8. The van der Waals surface area contributed by atoms with E-state index in [1.54, 1.807) is 0 Å². The molecule has 3 aromatic carbocycles. The van der Waals surface area contributed by atoms with Crippen molar-refractivity contribution in [2.24, 2.45) is 5.92 Å². The van der Waals surface area contributed by atoms with E-state index in [0.717, 1.165) is 59.8 Å². The smallest absolute Gasteiger partial charge is 0.343 e. The van der Waals surface area contributed by atoms with Gasteiger partial charge in [-0.2, -0.15) is 0 Å². The molecule has 0 amide bonds. The first-order valence-corrected chi connectivity index (χ1v) is 12.6. The highest BCUT2D eigenvalue weighted by Crippen LogP contribution is 2.53. The van der Waals surface area contributed by atoms with E-state index < -0.39 is 0 Å². The third kappa shape index (κ3) is 4.24. The Morgan fingerprint density at radius 3 is 2.68 bits per heavy atom. The van der Waals surface area contributed by atoms with Crippen LogP contribution in [0.25, 0.3) is 10.8 Å². The molecule has 2 aliphatic rings. The molecule has 3 heteroatoms. The summed E-state index contributed by atoms with van der Waals surface area (Å²) in [6.45, 7) is 8.79. The Kier molecular flexibility index (Phi) is 5.97. The number of unbranched alkanes of at least 4 members (excludes halogenated alkanes) is 1. The molecule has 3 nitrogen and oxygen atoms in total. The van der Waals surface area contributed by atoms with Gasteiger partial charge in [-0.1, -0.05) is 55.3 Å².